The van der Waals surface area contributed by atoms with Gasteiger partial charge in [-0.05, 0) is 25.3 Å². The number of allylic oxidation sites excluding steroid dienone is 1. The van der Waals surface area contributed by atoms with Gasteiger partial charge in [0, 0.05) is 6.42 Å². The SMILES string of the molecule is CCCCCCCCCCCCCCCC/C=C/OC[C@H](COP(=O)(O)OCC[N+](C)(C)C)OC(=O)CCCCCCCCCCCCCCCCCCCCC. The largest absolute Gasteiger partial charge is 0.498 e. The van der Waals surface area contributed by atoms with Crippen LogP contribution in [0.25, 0.3) is 0 Å². The number of hydrogen-bond donors (Lipinski definition) is 1. The molecule has 0 aromatic carbocycles. The van der Waals surface area contributed by atoms with Gasteiger partial charge < -0.3 is 18.9 Å². The molecule has 0 aliphatic rings. The first-order valence-electron chi connectivity index (χ1n) is 24.5. The molecular weight excluding hydrogens is 734 g/mol. The first-order valence-corrected chi connectivity index (χ1v) is 26.0. The maximum absolute atomic E-state index is 12.7. The van der Waals surface area contributed by atoms with Crippen molar-refractivity contribution >= 4 is 13.8 Å². The molecule has 340 valence electrons. The molecule has 0 aliphatic heterocycles. The number of esters is 1. The van der Waals surface area contributed by atoms with Crippen molar-refractivity contribution in [1.82, 2.24) is 0 Å². The molecule has 0 saturated heterocycles. The number of hydrogen-bond acceptors (Lipinski definition) is 6. The Hall–Kier alpha value is -0.920. The Morgan fingerprint density at radius 3 is 1.30 bits per heavy atom. The highest BCUT2D eigenvalue weighted by atomic mass is 31.2. The molecule has 0 saturated carbocycles. The van der Waals surface area contributed by atoms with Crippen LogP contribution in [-0.4, -0.2) is 69.0 Å². The minimum atomic E-state index is -4.29. The number of carbonyl (C=O) groups excluding carboxylic acids is 1. The van der Waals surface area contributed by atoms with Gasteiger partial charge in [0.05, 0.1) is 34.0 Å². The van der Waals surface area contributed by atoms with Crippen molar-refractivity contribution in [3.63, 3.8) is 0 Å². The predicted octanol–water partition coefficient (Wildman–Crippen LogP) is 15.0. The highest BCUT2D eigenvalue weighted by Gasteiger charge is 2.26. The topological polar surface area (TPSA) is 91.3 Å². The number of quaternary nitrogens is 1. The molecule has 0 amide bonds. The Labute approximate surface area is 354 Å². The summed E-state index contributed by atoms with van der Waals surface area (Å²) in [7, 11) is 1.65. The predicted molar refractivity (Wildman–Crippen MR) is 243 cm³/mol. The van der Waals surface area contributed by atoms with Crippen LogP contribution in [0.5, 0.6) is 0 Å². The quantitative estimate of drug-likeness (QED) is 0.0215. The van der Waals surface area contributed by atoms with Crippen molar-refractivity contribution in [2.24, 2.45) is 0 Å². The summed E-state index contributed by atoms with van der Waals surface area (Å²) in [5.74, 6) is -0.329. The number of nitrogens with zero attached hydrogens (tertiary/aromatic N) is 1. The van der Waals surface area contributed by atoms with E-state index < -0.39 is 13.9 Å². The van der Waals surface area contributed by atoms with Gasteiger partial charge in [0.2, 0.25) is 0 Å². The number of likely N-dealkylation sites (N-methyl/N-ethyl adjacent to an activating group) is 1. The van der Waals surface area contributed by atoms with Gasteiger partial charge in [0.15, 0.2) is 6.10 Å². The van der Waals surface area contributed by atoms with E-state index in [0.717, 1.165) is 32.1 Å². The zero-order valence-electron chi connectivity index (χ0n) is 38.6. The first-order chi connectivity index (χ1) is 27.6. The summed E-state index contributed by atoms with van der Waals surface area (Å²) >= 11 is 0. The van der Waals surface area contributed by atoms with Crippen molar-refractivity contribution in [3.8, 4) is 0 Å². The second-order valence-electron chi connectivity index (χ2n) is 17.9. The molecule has 0 rings (SSSR count). The Morgan fingerprint density at radius 1 is 0.544 bits per heavy atom. The maximum Gasteiger partial charge on any atom is 0.472 e. The number of phosphoric ester groups is 1. The van der Waals surface area contributed by atoms with E-state index in [1.165, 1.54) is 186 Å². The third-order valence-electron chi connectivity index (χ3n) is 10.9. The molecule has 0 fully saturated rings. The molecule has 1 unspecified atom stereocenters. The molecule has 0 bridgehead atoms. The van der Waals surface area contributed by atoms with Crippen LogP contribution in [0.1, 0.15) is 239 Å². The second kappa shape index (κ2) is 41.8. The third-order valence-corrected chi connectivity index (χ3v) is 11.9. The number of carbonyl (C=O) groups is 1. The minimum absolute atomic E-state index is 0.0546. The molecule has 0 radical (unpaired) electrons. The van der Waals surface area contributed by atoms with Crippen molar-refractivity contribution < 1.29 is 37.3 Å². The minimum Gasteiger partial charge on any atom is -0.498 e. The Balaban J connectivity index is 4.17. The summed E-state index contributed by atoms with van der Waals surface area (Å²) in [6.45, 7) is 4.98. The van der Waals surface area contributed by atoms with Gasteiger partial charge in [-0.2, -0.15) is 0 Å². The molecule has 0 heterocycles. The third kappa shape index (κ3) is 46.0. The summed E-state index contributed by atoms with van der Waals surface area (Å²) in [4.78, 5) is 22.9. The summed E-state index contributed by atoms with van der Waals surface area (Å²) in [5.41, 5.74) is 0. The van der Waals surface area contributed by atoms with Gasteiger partial charge in [0.25, 0.3) is 0 Å². The van der Waals surface area contributed by atoms with Crippen LogP contribution in [-0.2, 0) is 27.9 Å². The molecule has 2 atom stereocenters. The number of rotatable bonds is 46. The van der Waals surface area contributed by atoms with Crippen molar-refractivity contribution in [1.29, 1.82) is 0 Å². The molecule has 1 N–H and O–H groups in total. The molecule has 9 heteroatoms. The summed E-state index contributed by atoms with van der Waals surface area (Å²) in [5, 5.41) is 0. The van der Waals surface area contributed by atoms with E-state index in [0.29, 0.717) is 17.4 Å². The fourth-order valence-electron chi connectivity index (χ4n) is 7.11. The van der Waals surface area contributed by atoms with Crippen LogP contribution in [0.2, 0.25) is 0 Å². The number of ether oxygens (including phenoxy) is 2. The van der Waals surface area contributed by atoms with Crippen LogP contribution in [0.4, 0.5) is 0 Å². The molecule has 0 aliphatic carbocycles. The smallest absolute Gasteiger partial charge is 0.472 e. The average Bonchev–Trinajstić information content (AvgIpc) is 3.16. The highest BCUT2D eigenvalue weighted by molar-refractivity contribution is 7.47. The van der Waals surface area contributed by atoms with E-state index >= 15 is 0 Å². The molecule has 8 nitrogen and oxygen atoms in total. The van der Waals surface area contributed by atoms with Crippen molar-refractivity contribution in [2.75, 3.05) is 47.5 Å². The van der Waals surface area contributed by atoms with E-state index in [2.05, 4.69) is 13.8 Å². The summed E-state index contributed by atoms with van der Waals surface area (Å²) in [6.07, 6.45) is 47.7. The molecule has 0 spiro atoms. The molecular formula is C48H97NO7P+. The Kier molecular flexibility index (Phi) is 41.1. The number of unbranched alkanes of at least 4 members (excludes halogenated alkanes) is 32. The van der Waals surface area contributed by atoms with Gasteiger partial charge in [-0.3, -0.25) is 13.8 Å². The average molecular weight is 831 g/mol. The summed E-state index contributed by atoms with van der Waals surface area (Å²) < 4.78 is 34.9. The zero-order chi connectivity index (χ0) is 42.0. The Bertz CT molecular complexity index is 925. The van der Waals surface area contributed by atoms with Gasteiger partial charge in [0.1, 0.15) is 19.8 Å². The fraction of sp³-hybridized carbons (Fsp3) is 0.938. The lowest BCUT2D eigenvalue weighted by molar-refractivity contribution is -0.870. The van der Waals surface area contributed by atoms with Crippen LogP contribution >= 0.6 is 7.82 Å². The van der Waals surface area contributed by atoms with E-state index in [1.54, 1.807) is 6.26 Å². The van der Waals surface area contributed by atoms with Crippen LogP contribution < -0.4 is 0 Å². The fourth-order valence-corrected chi connectivity index (χ4v) is 7.85. The number of phosphoric acid groups is 1. The van der Waals surface area contributed by atoms with Gasteiger partial charge in [-0.25, -0.2) is 4.57 Å². The van der Waals surface area contributed by atoms with Crippen molar-refractivity contribution in [3.05, 3.63) is 12.3 Å². The molecule has 57 heavy (non-hydrogen) atoms. The maximum atomic E-state index is 12.7. The van der Waals surface area contributed by atoms with Gasteiger partial charge >= 0.3 is 13.8 Å². The zero-order valence-corrected chi connectivity index (χ0v) is 39.5. The van der Waals surface area contributed by atoms with Crippen molar-refractivity contribution in [2.45, 2.75) is 245 Å². The van der Waals surface area contributed by atoms with Gasteiger partial charge in [-0.1, -0.05) is 213 Å². The lowest BCUT2D eigenvalue weighted by atomic mass is 10.0. The molecule has 0 aromatic heterocycles. The van der Waals surface area contributed by atoms with Crippen LogP contribution in [0.3, 0.4) is 0 Å². The standard InChI is InChI=1S/C48H96NO7P/c1-6-8-10-12-14-16-18-20-22-24-25-26-27-29-31-33-35-37-39-41-48(50)56-47(46-55-57(51,52)54-44-42-49(3,4)5)45-53-43-40-38-36-34-32-30-28-23-21-19-17-15-13-11-9-7-2/h40,43,47H,6-39,41-42,44-46H2,1-5H3/p+1/b43-40+/t47-/m1/s1. The monoisotopic (exact) mass is 831 g/mol. The van der Waals surface area contributed by atoms with E-state index in [1.807, 2.05) is 27.2 Å². The Morgan fingerprint density at radius 2 is 0.912 bits per heavy atom. The van der Waals surface area contributed by atoms with Crippen LogP contribution in [0, 0.1) is 0 Å². The summed E-state index contributed by atoms with van der Waals surface area (Å²) in [6, 6.07) is 0. The van der Waals surface area contributed by atoms with Gasteiger partial charge in [-0.15, -0.1) is 0 Å². The van der Waals surface area contributed by atoms with Crippen LogP contribution in [0.15, 0.2) is 12.3 Å². The first kappa shape index (κ1) is 56.1. The lowest BCUT2D eigenvalue weighted by Crippen LogP contribution is -2.37. The normalized spacial score (nSPS) is 13.6. The van der Waals surface area contributed by atoms with E-state index in [9.17, 15) is 14.3 Å². The molecule has 0 aromatic rings. The van der Waals surface area contributed by atoms with E-state index in [4.69, 9.17) is 18.5 Å². The highest BCUT2D eigenvalue weighted by Crippen LogP contribution is 2.43. The second-order valence-corrected chi connectivity index (χ2v) is 19.4. The van der Waals surface area contributed by atoms with E-state index in [-0.39, 0.29) is 25.8 Å². The lowest BCUT2D eigenvalue weighted by Gasteiger charge is -2.24.